The van der Waals surface area contributed by atoms with Crippen molar-refractivity contribution in [1.82, 2.24) is 9.80 Å². The average molecular weight is 335 g/mol. The van der Waals surface area contributed by atoms with Crippen molar-refractivity contribution < 1.29 is 5.11 Å². The van der Waals surface area contributed by atoms with Crippen molar-refractivity contribution in [2.24, 2.45) is 0 Å². The first-order chi connectivity index (χ1) is 11.5. The summed E-state index contributed by atoms with van der Waals surface area (Å²) in [5, 5.41) is 8.98. The van der Waals surface area contributed by atoms with E-state index in [1.807, 2.05) is 0 Å². The molecule has 1 heterocycles. The van der Waals surface area contributed by atoms with Crippen LogP contribution >= 0.6 is 0 Å². The molecule has 138 valence electrons. The van der Waals surface area contributed by atoms with Crippen molar-refractivity contribution in [2.45, 2.75) is 53.4 Å². The zero-order valence-electron chi connectivity index (χ0n) is 16.4. The number of hydrogen-bond acceptors (Lipinski definition) is 3. The Hall–Kier alpha value is -0.900. The number of rotatable bonds is 10. The van der Waals surface area contributed by atoms with Crippen LogP contribution in [0.5, 0.6) is 0 Å². The molecule has 0 amide bonds. The minimum atomic E-state index is 0.278. The molecule has 0 bridgehead atoms. The summed E-state index contributed by atoms with van der Waals surface area (Å²) in [6.07, 6.45) is 11.8. The molecule has 1 fully saturated rings. The van der Waals surface area contributed by atoms with Crippen LogP contribution < -0.4 is 0 Å². The molecule has 0 aromatic heterocycles. The Kier molecular flexibility index (Phi) is 11.0. The van der Waals surface area contributed by atoms with Gasteiger partial charge >= 0.3 is 0 Å². The maximum absolute atomic E-state index is 8.98. The van der Waals surface area contributed by atoms with Gasteiger partial charge in [-0.1, -0.05) is 34.9 Å². The minimum absolute atomic E-state index is 0.278. The van der Waals surface area contributed by atoms with E-state index in [2.05, 4.69) is 55.7 Å². The van der Waals surface area contributed by atoms with Crippen LogP contribution in [0, 0.1) is 0 Å². The summed E-state index contributed by atoms with van der Waals surface area (Å²) in [5.74, 6) is 0. The maximum atomic E-state index is 8.98. The summed E-state index contributed by atoms with van der Waals surface area (Å²) >= 11 is 0. The van der Waals surface area contributed by atoms with Crippen molar-refractivity contribution in [2.75, 3.05) is 45.9 Å². The molecule has 24 heavy (non-hydrogen) atoms. The van der Waals surface area contributed by atoms with Crippen molar-refractivity contribution in [3.05, 3.63) is 34.9 Å². The van der Waals surface area contributed by atoms with Crippen molar-refractivity contribution in [3.63, 3.8) is 0 Å². The van der Waals surface area contributed by atoms with Gasteiger partial charge in [0.05, 0.1) is 6.61 Å². The molecular weight excluding hydrogens is 296 g/mol. The van der Waals surface area contributed by atoms with E-state index >= 15 is 0 Å². The van der Waals surface area contributed by atoms with Gasteiger partial charge in [0.25, 0.3) is 0 Å². The van der Waals surface area contributed by atoms with Crippen LogP contribution in [0.2, 0.25) is 0 Å². The quantitative estimate of drug-likeness (QED) is 0.611. The second-order valence-electron chi connectivity index (χ2n) is 7.33. The zero-order chi connectivity index (χ0) is 17.8. The Morgan fingerprint density at radius 1 is 0.792 bits per heavy atom. The normalized spacial score (nSPS) is 18.0. The van der Waals surface area contributed by atoms with Gasteiger partial charge in [-0.15, -0.1) is 0 Å². The number of hydrogen-bond donors (Lipinski definition) is 1. The molecule has 0 atom stereocenters. The van der Waals surface area contributed by atoms with E-state index in [1.165, 1.54) is 36.0 Å². The molecule has 0 aromatic carbocycles. The summed E-state index contributed by atoms with van der Waals surface area (Å²) in [4.78, 5) is 4.85. The lowest BCUT2D eigenvalue weighted by Gasteiger charge is -2.33. The Morgan fingerprint density at radius 3 is 1.92 bits per heavy atom. The molecule has 1 saturated heterocycles. The number of aliphatic hydroxyl groups is 1. The SMILES string of the molecule is CC(C)=CCC/C(C)=C/CC/C(C)=C/CN1CCN(CCO)CC1. The smallest absolute Gasteiger partial charge is 0.0558 e. The summed E-state index contributed by atoms with van der Waals surface area (Å²) < 4.78 is 0. The number of nitrogens with zero attached hydrogens (tertiary/aromatic N) is 2. The molecule has 1 aliphatic rings. The molecule has 1 aliphatic heterocycles. The Balaban J connectivity index is 2.19. The van der Waals surface area contributed by atoms with Crippen LogP contribution in [0.15, 0.2) is 34.9 Å². The third-order valence-corrected chi connectivity index (χ3v) is 4.70. The molecule has 0 saturated carbocycles. The Morgan fingerprint density at radius 2 is 1.33 bits per heavy atom. The highest BCUT2D eigenvalue weighted by atomic mass is 16.3. The third kappa shape index (κ3) is 10.1. The van der Waals surface area contributed by atoms with Crippen LogP contribution in [-0.2, 0) is 0 Å². The van der Waals surface area contributed by atoms with E-state index in [-0.39, 0.29) is 6.61 Å². The molecule has 0 unspecified atom stereocenters. The van der Waals surface area contributed by atoms with Crippen LogP contribution in [0.3, 0.4) is 0 Å². The van der Waals surface area contributed by atoms with Crippen LogP contribution in [-0.4, -0.2) is 60.8 Å². The average Bonchev–Trinajstić information content (AvgIpc) is 2.54. The first-order valence-corrected chi connectivity index (χ1v) is 9.51. The van der Waals surface area contributed by atoms with Crippen LogP contribution in [0.4, 0.5) is 0 Å². The van der Waals surface area contributed by atoms with Gasteiger partial charge in [-0.05, 0) is 53.4 Å². The second kappa shape index (κ2) is 12.5. The van der Waals surface area contributed by atoms with Gasteiger partial charge in [0, 0.05) is 39.3 Å². The number of piperazine rings is 1. The molecule has 0 aromatic rings. The summed E-state index contributed by atoms with van der Waals surface area (Å²) in [5.41, 5.74) is 4.43. The fourth-order valence-corrected chi connectivity index (χ4v) is 2.96. The number of β-amino-alcohol motifs (C(OH)–C–C–N with tert-alkyl or cyclic N) is 1. The highest BCUT2D eigenvalue weighted by Gasteiger charge is 2.14. The fraction of sp³-hybridized carbons (Fsp3) is 0.714. The van der Waals surface area contributed by atoms with Crippen molar-refractivity contribution in [1.29, 1.82) is 0 Å². The predicted molar refractivity (Wildman–Crippen MR) is 105 cm³/mol. The van der Waals surface area contributed by atoms with Gasteiger partial charge < -0.3 is 5.11 Å². The second-order valence-corrected chi connectivity index (χ2v) is 7.33. The van der Waals surface area contributed by atoms with Crippen molar-refractivity contribution in [3.8, 4) is 0 Å². The maximum Gasteiger partial charge on any atom is 0.0558 e. The highest BCUT2D eigenvalue weighted by Crippen LogP contribution is 2.12. The number of allylic oxidation sites excluding steroid dienone is 5. The summed E-state index contributed by atoms with van der Waals surface area (Å²) in [6.45, 7) is 15.4. The lowest BCUT2D eigenvalue weighted by molar-refractivity contribution is 0.120. The number of aliphatic hydroxyl groups excluding tert-OH is 1. The topological polar surface area (TPSA) is 26.7 Å². The monoisotopic (exact) mass is 334 g/mol. The molecular formula is C21H38N2O. The fourth-order valence-electron chi connectivity index (χ4n) is 2.96. The Bertz CT molecular complexity index is 425. The van der Waals surface area contributed by atoms with Gasteiger partial charge in [-0.25, -0.2) is 0 Å². The van der Waals surface area contributed by atoms with E-state index in [1.54, 1.807) is 0 Å². The molecule has 0 aliphatic carbocycles. The highest BCUT2D eigenvalue weighted by molar-refractivity contribution is 5.06. The van der Waals surface area contributed by atoms with Crippen LogP contribution in [0.1, 0.15) is 53.4 Å². The molecule has 0 radical (unpaired) electrons. The van der Waals surface area contributed by atoms with Gasteiger partial charge in [-0.3, -0.25) is 9.80 Å². The first kappa shape index (κ1) is 21.1. The van der Waals surface area contributed by atoms with E-state index in [0.29, 0.717) is 0 Å². The van der Waals surface area contributed by atoms with E-state index < -0.39 is 0 Å². The summed E-state index contributed by atoms with van der Waals surface area (Å²) in [6, 6.07) is 0. The lowest BCUT2D eigenvalue weighted by Crippen LogP contribution is -2.47. The van der Waals surface area contributed by atoms with Gasteiger partial charge in [0.15, 0.2) is 0 Å². The molecule has 3 heteroatoms. The van der Waals surface area contributed by atoms with Gasteiger partial charge in [0.2, 0.25) is 0 Å². The van der Waals surface area contributed by atoms with Gasteiger partial charge in [-0.2, -0.15) is 0 Å². The zero-order valence-corrected chi connectivity index (χ0v) is 16.4. The van der Waals surface area contributed by atoms with Crippen molar-refractivity contribution >= 4 is 0 Å². The third-order valence-electron chi connectivity index (χ3n) is 4.70. The predicted octanol–water partition coefficient (Wildman–Crippen LogP) is 4.02. The van der Waals surface area contributed by atoms with E-state index in [0.717, 1.165) is 45.7 Å². The molecule has 0 spiro atoms. The minimum Gasteiger partial charge on any atom is -0.395 e. The largest absolute Gasteiger partial charge is 0.395 e. The van der Waals surface area contributed by atoms with Crippen LogP contribution in [0.25, 0.3) is 0 Å². The standard InChI is InChI=1S/C21H38N2O/c1-19(2)7-5-8-20(3)9-6-10-21(4)11-12-22-13-15-23(16-14-22)17-18-24/h7,9,11,24H,5-6,8,10,12-18H2,1-4H3/b20-9+,21-11+. The molecule has 1 rings (SSSR count). The Labute approximate surface area is 149 Å². The summed E-state index contributed by atoms with van der Waals surface area (Å²) in [7, 11) is 0. The lowest BCUT2D eigenvalue weighted by atomic mass is 10.1. The van der Waals surface area contributed by atoms with Gasteiger partial charge in [0.1, 0.15) is 0 Å². The van der Waals surface area contributed by atoms with E-state index in [9.17, 15) is 0 Å². The molecule has 1 N–H and O–H groups in total. The van der Waals surface area contributed by atoms with E-state index in [4.69, 9.17) is 5.11 Å². The molecule has 3 nitrogen and oxygen atoms in total. The first-order valence-electron chi connectivity index (χ1n) is 9.51.